The smallest absolute Gasteiger partial charge is 0.257 e. The third-order valence-corrected chi connectivity index (χ3v) is 4.59. The molecule has 1 aromatic carbocycles. The average molecular weight is 321 g/mol. The fourth-order valence-corrected chi connectivity index (χ4v) is 2.97. The highest BCUT2D eigenvalue weighted by Gasteiger charge is 2.33. The van der Waals surface area contributed by atoms with E-state index in [0.717, 1.165) is 29.5 Å². The van der Waals surface area contributed by atoms with Gasteiger partial charge in [0.05, 0.1) is 22.7 Å². The number of carbonyl (C=O) groups excluding carboxylic acids is 1. The summed E-state index contributed by atoms with van der Waals surface area (Å²) in [5.41, 5.74) is 4.11. The predicted octanol–water partition coefficient (Wildman–Crippen LogP) is 3.72. The van der Waals surface area contributed by atoms with Crippen molar-refractivity contribution >= 4 is 17.0 Å². The van der Waals surface area contributed by atoms with E-state index < -0.39 is 0 Å². The molecule has 1 aliphatic carbocycles. The number of benzene rings is 1. The summed E-state index contributed by atoms with van der Waals surface area (Å²) in [6.45, 7) is 3.91. The first-order valence-corrected chi connectivity index (χ1v) is 8.21. The minimum absolute atomic E-state index is 0.0531. The zero-order valence-electron chi connectivity index (χ0n) is 13.7. The summed E-state index contributed by atoms with van der Waals surface area (Å²) >= 11 is 0. The number of carbonyl (C=O) groups is 1. The standard InChI is InChI=1S/C19H19N3O2/c1-11-3-5-13(6-4-11)17(14-7-8-14)21-18(23)15-9-16-12(2)22-24-19(16)20-10-15/h3-6,9-10,14,17H,7-8H2,1-2H3,(H,21,23)/t17-/m0/s1. The Labute approximate surface area is 140 Å². The lowest BCUT2D eigenvalue weighted by molar-refractivity contribution is 0.0931. The molecule has 1 N–H and O–H groups in total. The molecule has 0 unspecified atom stereocenters. The summed E-state index contributed by atoms with van der Waals surface area (Å²) < 4.78 is 5.10. The Morgan fingerprint density at radius 3 is 2.71 bits per heavy atom. The van der Waals surface area contributed by atoms with Gasteiger partial charge in [-0.25, -0.2) is 4.98 Å². The third-order valence-electron chi connectivity index (χ3n) is 4.59. The first-order chi connectivity index (χ1) is 11.6. The van der Waals surface area contributed by atoms with Crippen molar-refractivity contribution in [3.63, 3.8) is 0 Å². The van der Waals surface area contributed by atoms with Crippen molar-refractivity contribution in [1.29, 1.82) is 0 Å². The van der Waals surface area contributed by atoms with Gasteiger partial charge >= 0.3 is 0 Å². The van der Waals surface area contributed by atoms with E-state index in [-0.39, 0.29) is 11.9 Å². The molecule has 1 atom stereocenters. The third kappa shape index (κ3) is 2.77. The van der Waals surface area contributed by atoms with Crippen LogP contribution < -0.4 is 5.32 Å². The van der Waals surface area contributed by atoms with Gasteiger partial charge in [0.25, 0.3) is 11.6 Å². The summed E-state index contributed by atoms with van der Waals surface area (Å²) in [5, 5.41) is 7.84. The molecule has 1 fully saturated rings. The predicted molar refractivity (Wildman–Crippen MR) is 90.7 cm³/mol. The lowest BCUT2D eigenvalue weighted by Gasteiger charge is -2.19. The molecule has 24 heavy (non-hydrogen) atoms. The maximum atomic E-state index is 12.7. The summed E-state index contributed by atoms with van der Waals surface area (Å²) in [6, 6.07) is 10.2. The lowest BCUT2D eigenvalue weighted by Crippen LogP contribution is -2.30. The number of nitrogens with zero attached hydrogens (tertiary/aromatic N) is 2. The van der Waals surface area contributed by atoms with E-state index in [4.69, 9.17) is 4.52 Å². The van der Waals surface area contributed by atoms with Crippen molar-refractivity contribution in [3.05, 3.63) is 58.9 Å². The number of hydrogen-bond acceptors (Lipinski definition) is 4. The monoisotopic (exact) mass is 321 g/mol. The summed E-state index contributed by atoms with van der Waals surface area (Å²) in [6.07, 6.45) is 3.85. The van der Waals surface area contributed by atoms with Crippen LogP contribution in [0.5, 0.6) is 0 Å². The molecule has 5 nitrogen and oxygen atoms in total. The first kappa shape index (κ1) is 14.9. The molecule has 5 heteroatoms. The minimum atomic E-state index is -0.109. The largest absolute Gasteiger partial charge is 0.345 e. The maximum Gasteiger partial charge on any atom is 0.257 e. The zero-order valence-corrected chi connectivity index (χ0v) is 13.7. The molecule has 0 bridgehead atoms. The molecule has 0 aliphatic heterocycles. The molecule has 3 aromatic rings. The van der Waals surface area contributed by atoms with E-state index >= 15 is 0 Å². The Balaban J connectivity index is 1.60. The fraction of sp³-hybridized carbons (Fsp3) is 0.316. The van der Waals surface area contributed by atoms with Crippen LogP contribution in [0.4, 0.5) is 0 Å². The van der Waals surface area contributed by atoms with Crippen LogP contribution in [0.2, 0.25) is 0 Å². The van der Waals surface area contributed by atoms with Gasteiger partial charge in [0.2, 0.25) is 0 Å². The zero-order chi connectivity index (χ0) is 16.7. The summed E-state index contributed by atoms with van der Waals surface area (Å²) in [4.78, 5) is 16.9. The van der Waals surface area contributed by atoms with Gasteiger partial charge in [-0.15, -0.1) is 0 Å². The van der Waals surface area contributed by atoms with Gasteiger partial charge in [0, 0.05) is 6.20 Å². The molecular formula is C19H19N3O2. The number of rotatable bonds is 4. The van der Waals surface area contributed by atoms with Gasteiger partial charge in [-0.2, -0.15) is 0 Å². The van der Waals surface area contributed by atoms with E-state index in [1.54, 1.807) is 12.3 Å². The molecule has 4 rings (SSSR count). The van der Waals surface area contributed by atoms with Crippen LogP contribution in [-0.4, -0.2) is 16.0 Å². The number of aryl methyl sites for hydroxylation is 2. The van der Waals surface area contributed by atoms with Crippen LogP contribution >= 0.6 is 0 Å². The molecule has 2 heterocycles. The highest BCUT2D eigenvalue weighted by atomic mass is 16.5. The molecule has 0 saturated heterocycles. The van der Waals surface area contributed by atoms with Crippen LogP contribution in [0.25, 0.3) is 11.1 Å². The van der Waals surface area contributed by atoms with Crippen molar-refractivity contribution in [1.82, 2.24) is 15.5 Å². The molecule has 1 amide bonds. The number of pyridine rings is 1. The van der Waals surface area contributed by atoms with Crippen molar-refractivity contribution in [3.8, 4) is 0 Å². The second kappa shape index (κ2) is 5.74. The average Bonchev–Trinajstić information content (AvgIpc) is 3.37. The van der Waals surface area contributed by atoms with Crippen LogP contribution in [-0.2, 0) is 0 Å². The Bertz CT molecular complexity index is 895. The number of amides is 1. The van der Waals surface area contributed by atoms with Crippen molar-refractivity contribution in [2.45, 2.75) is 32.7 Å². The Kier molecular flexibility index (Phi) is 3.56. The highest BCUT2D eigenvalue weighted by Crippen LogP contribution is 2.41. The van der Waals surface area contributed by atoms with E-state index in [1.165, 1.54) is 5.56 Å². The van der Waals surface area contributed by atoms with Crippen molar-refractivity contribution < 1.29 is 9.32 Å². The second-order valence-electron chi connectivity index (χ2n) is 6.54. The van der Waals surface area contributed by atoms with Gasteiger partial charge in [-0.05, 0) is 44.2 Å². The van der Waals surface area contributed by atoms with Crippen molar-refractivity contribution in [2.24, 2.45) is 5.92 Å². The fourth-order valence-electron chi connectivity index (χ4n) is 2.97. The Morgan fingerprint density at radius 1 is 1.25 bits per heavy atom. The van der Waals surface area contributed by atoms with E-state index in [2.05, 4.69) is 46.6 Å². The van der Waals surface area contributed by atoms with Gasteiger partial charge in [0.1, 0.15) is 0 Å². The molecular weight excluding hydrogens is 302 g/mol. The van der Waals surface area contributed by atoms with Crippen LogP contribution in [0.3, 0.4) is 0 Å². The first-order valence-electron chi connectivity index (χ1n) is 8.21. The molecule has 1 saturated carbocycles. The van der Waals surface area contributed by atoms with Gasteiger partial charge in [-0.3, -0.25) is 4.79 Å². The maximum absolute atomic E-state index is 12.7. The molecule has 0 spiro atoms. The van der Waals surface area contributed by atoms with E-state index in [0.29, 0.717) is 17.2 Å². The molecule has 0 radical (unpaired) electrons. The molecule has 2 aromatic heterocycles. The topological polar surface area (TPSA) is 68.0 Å². The number of fused-ring (bicyclic) bond motifs is 1. The molecule has 122 valence electrons. The SMILES string of the molecule is Cc1ccc([C@H](NC(=O)c2cnc3onc(C)c3c2)C2CC2)cc1. The number of aromatic nitrogens is 2. The van der Waals surface area contributed by atoms with Crippen LogP contribution in [0.1, 0.15) is 46.1 Å². The lowest BCUT2D eigenvalue weighted by atomic mass is 10.0. The number of nitrogens with one attached hydrogen (secondary N) is 1. The summed E-state index contributed by atoms with van der Waals surface area (Å²) in [5.74, 6) is 0.410. The van der Waals surface area contributed by atoms with Gasteiger partial charge < -0.3 is 9.84 Å². The number of hydrogen-bond donors (Lipinski definition) is 1. The van der Waals surface area contributed by atoms with Gasteiger partial charge in [0.15, 0.2) is 0 Å². The van der Waals surface area contributed by atoms with E-state index in [9.17, 15) is 4.79 Å². The second-order valence-corrected chi connectivity index (χ2v) is 6.54. The normalized spacial score (nSPS) is 15.4. The van der Waals surface area contributed by atoms with Crippen LogP contribution in [0.15, 0.2) is 41.1 Å². The Morgan fingerprint density at radius 2 is 2.00 bits per heavy atom. The molecule has 1 aliphatic rings. The van der Waals surface area contributed by atoms with E-state index in [1.807, 2.05) is 6.92 Å². The minimum Gasteiger partial charge on any atom is -0.345 e. The quantitative estimate of drug-likeness (QED) is 0.795. The van der Waals surface area contributed by atoms with Crippen LogP contribution in [0, 0.1) is 19.8 Å². The van der Waals surface area contributed by atoms with Crippen molar-refractivity contribution in [2.75, 3.05) is 0 Å². The Hall–Kier alpha value is -2.69. The summed E-state index contributed by atoms with van der Waals surface area (Å²) in [7, 11) is 0. The van der Waals surface area contributed by atoms with Gasteiger partial charge in [-0.1, -0.05) is 35.0 Å². The highest BCUT2D eigenvalue weighted by molar-refractivity contribution is 5.97.